The molecule has 0 bridgehead atoms. The molecule has 5 heteroatoms. The van der Waals surface area contributed by atoms with E-state index in [2.05, 4.69) is 5.32 Å². The standard InChI is InChI=1S/C18H30N2O3/c1-13(22)19-16(11-14-3-2-4-14)17(23)20-10-9-18(20)7-5-15(12-21)6-8-18/h14-16,21H,2-12H2,1H3,(H,19,22)/t15?,16-,18?/m1/s1. The summed E-state index contributed by atoms with van der Waals surface area (Å²) in [6, 6.07) is -0.342. The molecule has 1 heterocycles. The monoisotopic (exact) mass is 322 g/mol. The number of hydrogen-bond acceptors (Lipinski definition) is 3. The third-order valence-electron chi connectivity index (χ3n) is 6.40. The first-order valence-electron chi connectivity index (χ1n) is 9.23. The third-order valence-corrected chi connectivity index (χ3v) is 6.40. The van der Waals surface area contributed by atoms with Crippen LogP contribution in [0.3, 0.4) is 0 Å². The van der Waals surface area contributed by atoms with Gasteiger partial charge < -0.3 is 15.3 Å². The fourth-order valence-corrected chi connectivity index (χ4v) is 4.52. The molecule has 3 rings (SSSR count). The summed E-state index contributed by atoms with van der Waals surface area (Å²) in [5.41, 5.74) is 0.0130. The molecule has 1 saturated heterocycles. The summed E-state index contributed by atoms with van der Waals surface area (Å²) in [5, 5.41) is 12.2. The van der Waals surface area contributed by atoms with Gasteiger partial charge in [0.15, 0.2) is 0 Å². The maximum absolute atomic E-state index is 13.0. The summed E-state index contributed by atoms with van der Waals surface area (Å²) in [5.74, 6) is 1.01. The Morgan fingerprint density at radius 1 is 1.17 bits per heavy atom. The molecule has 2 amide bonds. The van der Waals surface area contributed by atoms with Gasteiger partial charge >= 0.3 is 0 Å². The number of carbonyl (C=O) groups is 2. The summed E-state index contributed by atoms with van der Waals surface area (Å²) in [4.78, 5) is 26.6. The van der Waals surface area contributed by atoms with E-state index < -0.39 is 0 Å². The highest BCUT2D eigenvalue weighted by Gasteiger charge is 2.50. The van der Waals surface area contributed by atoms with Crippen molar-refractivity contribution in [3.8, 4) is 0 Å². The van der Waals surface area contributed by atoms with Crippen LogP contribution in [0.2, 0.25) is 0 Å². The van der Waals surface area contributed by atoms with Crippen LogP contribution in [0.4, 0.5) is 0 Å². The van der Waals surface area contributed by atoms with Gasteiger partial charge in [0.25, 0.3) is 0 Å². The molecule has 130 valence electrons. The van der Waals surface area contributed by atoms with Gasteiger partial charge in [0.05, 0.1) is 0 Å². The van der Waals surface area contributed by atoms with Gasteiger partial charge in [-0.05, 0) is 50.4 Å². The second-order valence-corrected chi connectivity index (χ2v) is 7.88. The fourth-order valence-electron chi connectivity index (χ4n) is 4.52. The summed E-state index contributed by atoms with van der Waals surface area (Å²) in [6.45, 7) is 2.59. The highest BCUT2D eigenvalue weighted by Crippen LogP contribution is 2.45. The lowest BCUT2D eigenvalue weighted by Crippen LogP contribution is -2.66. The Morgan fingerprint density at radius 3 is 2.30 bits per heavy atom. The minimum Gasteiger partial charge on any atom is -0.396 e. The SMILES string of the molecule is CC(=O)N[C@H](CC1CCC1)C(=O)N1CCC12CCC(CO)CC2. The molecule has 0 aromatic carbocycles. The summed E-state index contributed by atoms with van der Waals surface area (Å²) in [6.07, 6.45) is 9.51. The van der Waals surface area contributed by atoms with Crippen molar-refractivity contribution in [3.05, 3.63) is 0 Å². The first kappa shape index (κ1) is 16.7. The summed E-state index contributed by atoms with van der Waals surface area (Å²) < 4.78 is 0. The third kappa shape index (κ3) is 3.39. The molecule has 23 heavy (non-hydrogen) atoms. The molecule has 0 radical (unpaired) electrons. The van der Waals surface area contributed by atoms with Crippen LogP contribution in [0, 0.1) is 11.8 Å². The fraction of sp³-hybridized carbons (Fsp3) is 0.889. The predicted molar refractivity (Wildman–Crippen MR) is 87.7 cm³/mol. The van der Waals surface area contributed by atoms with Crippen molar-refractivity contribution in [3.63, 3.8) is 0 Å². The number of hydrogen-bond donors (Lipinski definition) is 2. The number of aliphatic hydroxyl groups excluding tert-OH is 1. The largest absolute Gasteiger partial charge is 0.396 e. The van der Waals surface area contributed by atoms with E-state index in [0.717, 1.165) is 45.1 Å². The van der Waals surface area contributed by atoms with E-state index >= 15 is 0 Å². The van der Waals surface area contributed by atoms with E-state index in [0.29, 0.717) is 11.8 Å². The van der Waals surface area contributed by atoms with E-state index in [1.165, 1.54) is 26.2 Å². The van der Waals surface area contributed by atoms with Gasteiger partial charge in [0.1, 0.15) is 6.04 Å². The molecule has 0 unspecified atom stereocenters. The molecule has 3 aliphatic rings. The van der Waals surface area contributed by atoms with Crippen molar-refractivity contribution in [2.24, 2.45) is 11.8 Å². The maximum Gasteiger partial charge on any atom is 0.245 e. The molecule has 0 aromatic rings. The number of rotatable bonds is 5. The van der Waals surface area contributed by atoms with Gasteiger partial charge in [-0.3, -0.25) is 9.59 Å². The number of aliphatic hydroxyl groups is 1. The van der Waals surface area contributed by atoms with Crippen LogP contribution < -0.4 is 5.32 Å². The lowest BCUT2D eigenvalue weighted by Gasteiger charge is -2.57. The Bertz CT molecular complexity index is 453. The number of nitrogens with zero attached hydrogens (tertiary/aromatic N) is 1. The van der Waals surface area contributed by atoms with Gasteiger partial charge in [0, 0.05) is 25.6 Å². The van der Waals surface area contributed by atoms with Crippen molar-refractivity contribution in [1.29, 1.82) is 0 Å². The van der Waals surface area contributed by atoms with Gasteiger partial charge in [0.2, 0.25) is 11.8 Å². The molecule has 0 aromatic heterocycles. The Kier molecular flexibility index (Phi) is 4.95. The molecule has 2 N–H and O–H groups in total. The zero-order chi connectivity index (χ0) is 16.4. The summed E-state index contributed by atoms with van der Waals surface area (Å²) in [7, 11) is 0. The van der Waals surface area contributed by atoms with Crippen molar-refractivity contribution < 1.29 is 14.7 Å². The average molecular weight is 322 g/mol. The van der Waals surface area contributed by atoms with Crippen LogP contribution in [0.5, 0.6) is 0 Å². The van der Waals surface area contributed by atoms with E-state index in [9.17, 15) is 14.7 Å². The zero-order valence-electron chi connectivity index (χ0n) is 14.2. The van der Waals surface area contributed by atoms with Crippen LogP contribution in [0.15, 0.2) is 0 Å². The Hall–Kier alpha value is -1.10. The molecule has 1 atom stereocenters. The molecule has 5 nitrogen and oxygen atoms in total. The van der Waals surface area contributed by atoms with Crippen LogP contribution >= 0.6 is 0 Å². The van der Waals surface area contributed by atoms with Crippen LogP contribution in [-0.4, -0.2) is 46.6 Å². The molecule has 1 spiro atoms. The van der Waals surface area contributed by atoms with Crippen LogP contribution in [0.25, 0.3) is 0 Å². The number of nitrogens with one attached hydrogen (secondary N) is 1. The molecular weight excluding hydrogens is 292 g/mol. The molecule has 3 fully saturated rings. The summed E-state index contributed by atoms with van der Waals surface area (Å²) >= 11 is 0. The van der Waals surface area contributed by atoms with Crippen molar-refractivity contribution in [2.45, 2.75) is 76.3 Å². The lowest BCUT2D eigenvalue weighted by atomic mass is 9.69. The first-order chi connectivity index (χ1) is 11.0. The van der Waals surface area contributed by atoms with Gasteiger partial charge in [-0.2, -0.15) is 0 Å². The quantitative estimate of drug-likeness (QED) is 0.811. The highest BCUT2D eigenvalue weighted by atomic mass is 16.3. The Morgan fingerprint density at radius 2 is 1.87 bits per heavy atom. The number of likely N-dealkylation sites (tertiary alicyclic amines) is 1. The molecule has 2 saturated carbocycles. The number of amides is 2. The average Bonchev–Trinajstić information content (AvgIpc) is 2.48. The topological polar surface area (TPSA) is 69.6 Å². The zero-order valence-corrected chi connectivity index (χ0v) is 14.2. The van der Waals surface area contributed by atoms with Crippen molar-refractivity contribution in [2.75, 3.05) is 13.2 Å². The minimum atomic E-state index is -0.342. The minimum absolute atomic E-state index is 0.0130. The van der Waals surface area contributed by atoms with Crippen LogP contribution in [0.1, 0.15) is 64.7 Å². The van der Waals surface area contributed by atoms with E-state index in [-0.39, 0.29) is 30.0 Å². The van der Waals surface area contributed by atoms with Gasteiger partial charge in [-0.25, -0.2) is 0 Å². The normalized spacial score (nSPS) is 32.1. The highest BCUT2D eigenvalue weighted by molar-refractivity contribution is 5.88. The maximum atomic E-state index is 13.0. The molecule has 2 aliphatic carbocycles. The molecular formula is C18H30N2O3. The Labute approximate surface area is 138 Å². The smallest absolute Gasteiger partial charge is 0.245 e. The van der Waals surface area contributed by atoms with E-state index in [1.807, 2.05) is 4.90 Å². The van der Waals surface area contributed by atoms with Gasteiger partial charge in [-0.15, -0.1) is 0 Å². The van der Waals surface area contributed by atoms with Crippen molar-refractivity contribution in [1.82, 2.24) is 10.2 Å². The Balaban J connectivity index is 1.63. The van der Waals surface area contributed by atoms with E-state index in [4.69, 9.17) is 0 Å². The predicted octanol–water partition coefficient (Wildman–Crippen LogP) is 1.83. The van der Waals surface area contributed by atoms with Gasteiger partial charge in [-0.1, -0.05) is 19.3 Å². The number of carbonyl (C=O) groups excluding carboxylic acids is 2. The second kappa shape index (κ2) is 6.80. The lowest BCUT2D eigenvalue weighted by molar-refractivity contribution is -0.156. The van der Waals surface area contributed by atoms with Crippen molar-refractivity contribution >= 4 is 11.8 Å². The van der Waals surface area contributed by atoms with Crippen LogP contribution in [-0.2, 0) is 9.59 Å². The van der Waals surface area contributed by atoms with E-state index in [1.54, 1.807) is 0 Å². The first-order valence-corrected chi connectivity index (χ1v) is 9.23. The molecule has 1 aliphatic heterocycles. The second-order valence-electron chi connectivity index (χ2n) is 7.88.